The Kier molecular flexibility index (Phi) is 4.32. The SMILES string of the molecule is CCc1ccsc1CNc1cccc(S(N)(=O)=O)c1N. The predicted octanol–water partition coefficient (Wildman–Crippen LogP) is 2.15. The van der Waals surface area contributed by atoms with Crippen molar-refractivity contribution in [2.45, 2.75) is 24.8 Å². The molecule has 0 bridgehead atoms. The Bertz CT molecular complexity index is 708. The lowest BCUT2D eigenvalue weighted by molar-refractivity contribution is 0.598. The van der Waals surface area contributed by atoms with Crippen molar-refractivity contribution >= 4 is 32.7 Å². The van der Waals surface area contributed by atoms with Crippen LogP contribution >= 0.6 is 11.3 Å². The number of primary sulfonamides is 1. The summed E-state index contributed by atoms with van der Waals surface area (Å²) in [6.45, 7) is 2.71. The van der Waals surface area contributed by atoms with Crippen LogP contribution in [0.15, 0.2) is 34.5 Å². The van der Waals surface area contributed by atoms with E-state index in [-0.39, 0.29) is 10.6 Å². The number of nitrogen functional groups attached to an aromatic ring is 1. The highest BCUT2D eigenvalue weighted by Crippen LogP contribution is 2.27. The van der Waals surface area contributed by atoms with Gasteiger partial charge in [-0.15, -0.1) is 11.3 Å². The van der Waals surface area contributed by atoms with Gasteiger partial charge in [0, 0.05) is 11.4 Å². The molecule has 0 amide bonds. The molecule has 5 nitrogen and oxygen atoms in total. The zero-order valence-electron chi connectivity index (χ0n) is 11.1. The molecule has 0 saturated heterocycles. The van der Waals surface area contributed by atoms with Gasteiger partial charge in [-0.25, -0.2) is 13.6 Å². The van der Waals surface area contributed by atoms with Crippen molar-refractivity contribution in [3.8, 4) is 0 Å². The summed E-state index contributed by atoms with van der Waals surface area (Å²) < 4.78 is 22.8. The van der Waals surface area contributed by atoms with Crippen LogP contribution in [-0.2, 0) is 23.0 Å². The molecular weight excluding hydrogens is 294 g/mol. The Labute approximate surface area is 122 Å². The van der Waals surface area contributed by atoms with Gasteiger partial charge < -0.3 is 11.1 Å². The predicted molar refractivity (Wildman–Crippen MR) is 83.3 cm³/mol. The lowest BCUT2D eigenvalue weighted by Gasteiger charge is -2.12. The van der Waals surface area contributed by atoms with E-state index in [0.717, 1.165) is 6.42 Å². The molecule has 0 saturated carbocycles. The number of hydrogen-bond acceptors (Lipinski definition) is 5. The highest BCUT2D eigenvalue weighted by atomic mass is 32.2. The molecule has 0 radical (unpaired) electrons. The molecule has 0 unspecified atom stereocenters. The van der Waals surface area contributed by atoms with Gasteiger partial charge in [0.1, 0.15) is 4.90 Å². The molecule has 0 fully saturated rings. The molecule has 0 aliphatic carbocycles. The highest BCUT2D eigenvalue weighted by molar-refractivity contribution is 7.89. The third-order valence-electron chi connectivity index (χ3n) is 3.03. The van der Waals surface area contributed by atoms with E-state index in [9.17, 15) is 8.42 Å². The van der Waals surface area contributed by atoms with E-state index >= 15 is 0 Å². The van der Waals surface area contributed by atoms with Gasteiger partial charge in [-0.1, -0.05) is 13.0 Å². The number of anilines is 2. The molecule has 1 aromatic heterocycles. The van der Waals surface area contributed by atoms with Gasteiger partial charge in [0.2, 0.25) is 10.0 Å². The van der Waals surface area contributed by atoms with Gasteiger partial charge >= 0.3 is 0 Å². The zero-order valence-corrected chi connectivity index (χ0v) is 12.7. The number of nitrogens with one attached hydrogen (secondary N) is 1. The summed E-state index contributed by atoms with van der Waals surface area (Å²) in [5.74, 6) is 0. The first-order valence-electron chi connectivity index (χ1n) is 6.14. The summed E-state index contributed by atoms with van der Waals surface area (Å²) in [4.78, 5) is 1.16. The minimum Gasteiger partial charge on any atom is -0.396 e. The molecule has 1 heterocycles. The monoisotopic (exact) mass is 311 g/mol. The van der Waals surface area contributed by atoms with Crippen LogP contribution in [0.3, 0.4) is 0 Å². The maximum absolute atomic E-state index is 11.4. The molecule has 5 N–H and O–H groups in total. The fraction of sp³-hybridized carbons (Fsp3) is 0.231. The lowest BCUT2D eigenvalue weighted by atomic mass is 10.2. The van der Waals surface area contributed by atoms with Crippen LogP contribution in [0.4, 0.5) is 11.4 Å². The Balaban J connectivity index is 2.23. The van der Waals surface area contributed by atoms with Gasteiger partial charge in [0.15, 0.2) is 0 Å². The average molecular weight is 311 g/mol. The van der Waals surface area contributed by atoms with Crippen LogP contribution in [0, 0.1) is 0 Å². The Morgan fingerprint density at radius 2 is 2.05 bits per heavy atom. The number of rotatable bonds is 5. The van der Waals surface area contributed by atoms with Gasteiger partial charge in [-0.05, 0) is 35.6 Å². The fourth-order valence-electron chi connectivity index (χ4n) is 1.96. The molecule has 2 rings (SSSR count). The minimum absolute atomic E-state index is 0.0515. The van der Waals surface area contributed by atoms with Gasteiger partial charge in [0.05, 0.1) is 11.4 Å². The van der Waals surface area contributed by atoms with Gasteiger partial charge in [-0.3, -0.25) is 0 Å². The molecular formula is C13H17N3O2S2. The van der Waals surface area contributed by atoms with E-state index < -0.39 is 10.0 Å². The Morgan fingerprint density at radius 1 is 1.30 bits per heavy atom. The van der Waals surface area contributed by atoms with Crippen molar-refractivity contribution in [2.24, 2.45) is 5.14 Å². The Morgan fingerprint density at radius 3 is 2.70 bits per heavy atom. The number of benzene rings is 1. The third-order valence-corrected chi connectivity index (χ3v) is 4.96. The van der Waals surface area contributed by atoms with Crippen molar-refractivity contribution in [1.29, 1.82) is 0 Å². The molecule has 0 aliphatic rings. The first-order chi connectivity index (χ1) is 9.43. The number of aryl methyl sites for hydroxylation is 1. The summed E-state index contributed by atoms with van der Waals surface area (Å²) in [7, 11) is -3.80. The van der Waals surface area contributed by atoms with E-state index in [1.165, 1.54) is 16.5 Å². The van der Waals surface area contributed by atoms with Crippen LogP contribution < -0.4 is 16.2 Å². The van der Waals surface area contributed by atoms with Crippen molar-refractivity contribution in [3.63, 3.8) is 0 Å². The molecule has 0 aliphatic heterocycles. The smallest absolute Gasteiger partial charge is 0.240 e. The van der Waals surface area contributed by atoms with Crippen molar-refractivity contribution in [3.05, 3.63) is 40.1 Å². The number of nitrogens with two attached hydrogens (primary N) is 2. The largest absolute Gasteiger partial charge is 0.396 e. The maximum Gasteiger partial charge on any atom is 0.240 e. The van der Waals surface area contributed by atoms with Crippen LogP contribution in [0.5, 0.6) is 0 Å². The number of hydrogen-bond donors (Lipinski definition) is 3. The molecule has 0 spiro atoms. The molecule has 1 aromatic carbocycles. The zero-order chi connectivity index (χ0) is 14.8. The van der Waals surface area contributed by atoms with Crippen LogP contribution in [0.1, 0.15) is 17.4 Å². The van der Waals surface area contributed by atoms with Gasteiger partial charge in [-0.2, -0.15) is 0 Å². The van der Waals surface area contributed by atoms with E-state index in [0.29, 0.717) is 12.2 Å². The van der Waals surface area contributed by atoms with Gasteiger partial charge in [0.25, 0.3) is 0 Å². The molecule has 20 heavy (non-hydrogen) atoms. The second-order valence-corrected chi connectivity index (χ2v) is 6.87. The van der Waals surface area contributed by atoms with Crippen LogP contribution in [0.2, 0.25) is 0 Å². The van der Waals surface area contributed by atoms with Crippen LogP contribution in [0.25, 0.3) is 0 Å². The van der Waals surface area contributed by atoms with E-state index in [2.05, 4.69) is 18.3 Å². The molecule has 7 heteroatoms. The summed E-state index contributed by atoms with van der Waals surface area (Å²) in [5, 5.41) is 10.3. The normalized spacial score (nSPS) is 11.5. The van der Waals surface area contributed by atoms with E-state index in [1.807, 2.05) is 5.38 Å². The minimum atomic E-state index is -3.80. The summed E-state index contributed by atoms with van der Waals surface area (Å²) in [5.41, 5.74) is 7.88. The first kappa shape index (κ1) is 14.8. The van der Waals surface area contributed by atoms with Crippen LogP contribution in [-0.4, -0.2) is 8.42 Å². The standard InChI is InChI=1S/C13H17N3O2S2/c1-2-9-6-7-19-11(9)8-16-10-4-3-5-12(13(10)14)20(15,17)18/h3-7,16H,2,8,14H2,1H3,(H2,15,17,18). The van der Waals surface area contributed by atoms with E-state index in [1.54, 1.807) is 23.5 Å². The topological polar surface area (TPSA) is 98.2 Å². The highest BCUT2D eigenvalue weighted by Gasteiger charge is 2.14. The Hall–Kier alpha value is -1.57. The second kappa shape index (κ2) is 5.82. The second-order valence-electron chi connectivity index (χ2n) is 4.34. The molecule has 2 aromatic rings. The first-order valence-corrected chi connectivity index (χ1v) is 8.56. The number of thiophene rings is 1. The molecule has 0 atom stereocenters. The summed E-state index contributed by atoms with van der Waals surface area (Å²) >= 11 is 1.66. The lowest BCUT2D eigenvalue weighted by Crippen LogP contribution is -2.15. The third kappa shape index (κ3) is 3.12. The quantitative estimate of drug-likeness (QED) is 0.737. The number of para-hydroxylation sites is 1. The fourth-order valence-corrected chi connectivity index (χ4v) is 3.56. The molecule has 108 valence electrons. The van der Waals surface area contributed by atoms with Crippen molar-refractivity contribution in [1.82, 2.24) is 0 Å². The number of sulfonamides is 1. The summed E-state index contributed by atoms with van der Waals surface area (Å²) in [6, 6.07) is 6.85. The maximum atomic E-state index is 11.4. The van der Waals surface area contributed by atoms with E-state index in [4.69, 9.17) is 10.9 Å². The summed E-state index contributed by atoms with van der Waals surface area (Å²) in [6.07, 6.45) is 0.965. The van der Waals surface area contributed by atoms with Crippen molar-refractivity contribution < 1.29 is 8.42 Å². The average Bonchev–Trinajstić information content (AvgIpc) is 2.83. The van der Waals surface area contributed by atoms with Crippen molar-refractivity contribution in [2.75, 3.05) is 11.1 Å².